The van der Waals surface area contributed by atoms with Gasteiger partial charge in [-0.15, -0.1) is 11.8 Å². The molecule has 0 aliphatic carbocycles. The summed E-state index contributed by atoms with van der Waals surface area (Å²) < 4.78 is 0.645. The molecule has 0 fully saturated rings. The van der Waals surface area contributed by atoms with Crippen LogP contribution in [0, 0.1) is 10.1 Å². The molecule has 1 heterocycles. The summed E-state index contributed by atoms with van der Waals surface area (Å²) in [6.45, 7) is 0. The number of rotatable bonds is 5. The van der Waals surface area contributed by atoms with Gasteiger partial charge in [0.15, 0.2) is 0 Å². The summed E-state index contributed by atoms with van der Waals surface area (Å²) >= 11 is 4.51. The molecule has 1 N–H and O–H groups in total. The number of pyridine rings is 1. The highest BCUT2D eigenvalue weighted by molar-refractivity contribution is 9.10. The van der Waals surface area contributed by atoms with Crippen molar-refractivity contribution in [3.05, 3.63) is 62.2 Å². The number of carboxylic acids is 1. The van der Waals surface area contributed by atoms with Crippen molar-refractivity contribution in [1.29, 1.82) is 0 Å². The third-order valence-corrected chi connectivity index (χ3v) is 4.09. The van der Waals surface area contributed by atoms with E-state index in [0.717, 1.165) is 0 Å². The monoisotopic (exact) mass is 368 g/mol. The van der Waals surface area contributed by atoms with E-state index in [0.29, 0.717) is 20.8 Å². The summed E-state index contributed by atoms with van der Waals surface area (Å²) in [5, 5.41) is 20.4. The maximum absolute atomic E-state index is 11.0. The van der Waals surface area contributed by atoms with E-state index >= 15 is 0 Å². The molecular formula is C13H9BrN2O4S. The van der Waals surface area contributed by atoms with E-state index in [4.69, 9.17) is 5.11 Å². The van der Waals surface area contributed by atoms with Gasteiger partial charge in [-0.05, 0) is 18.2 Å². The summed E-state index contributed by atoms with van der Waals surface area (Å²) in [6.07, 6.45) is 1.26. The first kappa shape index (κ1) is 15.5. The van der Waals surface area contributed by atoms with Gasteiger partial charge in [-0.1, -0.05) is 22.0 Å². The van der Waals surface area contributed by atoms with Gasteiger partial charge in [0.2, 0.25) is 0 Å². The number of hydrogen-bond donors (Lipinski definition) is 1. The van der Waals surface area contributed by atoms with Crippen LogP contribution in [0.15, 0.2) is 46.0 Å². The average Bonchev–Trinajstić information content (AvgIpc) is 2.46. The molecule has 6 nitrogen and oxygen atoms in total. The number of nitro groups is 1. The third-order valence-electron chi connectivity index (χ3n) is 2.60. The Kier molecular flexibility index (Phi) is 4.92. The fourth-order valence-electron chi connectivity index (χ4n) is 1.57. The van der Waals surface area contributed by atoms with Crippen LogP contribution in [0.4, 0.5) is 5.69 Å². The first-order chi connectivity index (χ1) is 9.97. The molecule has 2 aromatic rings. The molecule has 0 aliphatic heterocycles. The van der Waals surface area contributed by atoms with Crippen LogP contribution in [0.1, 0.15) is 15.9 Å². The van der Waals surface area contributed by atoms with Crippen LogP contribution < -0.4 is 0 Å². The van der Waals surface area contributed by atoms with Gasteiger partial charge in [0.1, 0.15) is 0 Å². The highest BCUT2D eigenvalue weighted by Crippen LogP contribution is 2.29. The molecule has 1 aromatic carbocycles. The van der Waals surface area contributed by atoms with Gasteiger partial charge >= 0.3 is 5.97 Å². The molecule has 2 rings (SSSR count). The molecule has 0 saturated heterocycles. The van der Waals surface area contributed by atoms with Gasteiger partial charge in [-0.25, -0.2) is 9.78 Å². The highest BCUT2D eigenvalue weighted by Gasteiger charge is 2.14. The van der Waals surface area contributed by atoms with E-state index < -0.39 is 10.9 Å². The molecule has 0 unspecified atom stereocenters. The van der Waals surface area contributed by atoms with Crippen LogP contribution in [0.3, 0.4) is 0 Å². The van der Waals surface area contributed by atoms with E-state index in [1.54, 1.807) is 18.2 Å². The lowest BCUT2D eigenvalue weighted by Crippen LogP contribution is -1.97. The number of carbonyl (C=O) groups is 1. The summed E-state index contributed by atoms with van der Waals surface area (Å²) in [7, 11) is 0. The van der Waals surface area contributed by atoms with Crippen molar-refractivity contribution in [3.63, 3.8) is 0 Å². The maximum Gasteiger partial charge on any atom is 0.337 e. The molecule has 0 amide bonds. The zero-order valence-electron chi connectivity index (χ0n) is 10.5. The highest BCUT2D eigenvalue weighted by atomic mass is 79.9. The molecular weight excluding hydrogens is 360 g/mol. The summed E-state index contributed by atoms with van der Waals surface area (Å²) in [5.74, 6) is -0.661. The molecule has 108 valence electrons. The van der Waals surface area contributed by atoms with E-state index in [-0.39, 0.29) is 11.3 Å². The van der Waals surface area contributed by atoms with Crippen LogP contribution in [0.25, 0.3) is 0 Å². The number of nitro benzene ring substituents is 1. The normalized spacial score (nSPS) is 10.3. The molecule has 21 heavy (non-hydrogen) atoms. The van der Waals surface area contributed by atoms with E-state index in [2.05, 4.69) is 20.9 Å². The van der Waals surface area contributed by atoms with Gasteiger partial charge in [-0.3, -0.25) is 10.1 Å². The SMILES string of the molecule is O=C(O)c1ccc(SCc2ccc(Br)cc2[N+](=O)[O-])nc1. The van der Waals surface area contributed by atoms with Crippen molar-refractivity contribution in [2.75, 3.05) is 0 Å². The Morgan fingerprint density at radius 1 is 1.38 bits per heavy atom. The second-order valence-corrected chi connectivity index (χ2v) is 5.92. The van der Waals surface area contributed by atoms with E-state index in [9.17, 15) is 14.9 Å². The van der Waals surface area contributed by atoms with Gasteiger partial charge < -0.3 is 5.11 Å². The number of benzene rings is 1. The molecule has 0 spiro atoms. The molecule has 8 heteroatoms. The van der Waals surface area contributed by atoms with Crippen LogP contribution in [0.2, 0.25) is 0 Å². The largest absolute Gasteiger partial charge is 0.478 e. The maximum atomic E-state index is 11.0. The van der Waals surface area contributed by atoms with Crippen molar-refractivity contribution in [3.8, 4) is 0 Å². The zero-order chi connectivity index (χ0) is 15.4. The number of aromatic nitrogens is 1. The standard InChI is InChI=1S/C13H9BrN2O4S/c14-10-3-1-9(11(5-10)16(19)20)7-21-12-4-2-8(6-15-12)13(17)18/h1-6H,7H2,(H,17,18). The van der Waals surface area contributed by atoms with Crippen LogP contribution in [-0.4, -0.2) is 21.0 Å². The zero-order valence-corrected chi connectivity index (χ0v) is 12.9. The van der Waals surface area contributed by atoms with Crippen molar-refractivity contribution >= 4 is 39.3 Å². The topological polar surface area (TPSA) is 93.3 Å². The molecule has 0 radical (unpaired) electrons. The minimum atomic E-state index is -1.04. The Balaban J connectivity index is 2.13. The number of halogens is 1. The smallest absolute Gasteiger partial charge is 0.337 e. The first-order valence-corrected chi connectivity index (χ1v) is 7.50. The second kappa shape index (κ2) is 6.68. The fraction of sp³-hybridized carbons (Fsp3) is 0.0769. The van der Waals surface area contributed by atoms with Crippen molar-refractivity contribution in [2.45, 2.75) is 10.8 Å². The quantitative estimate of drug-likeness (QED) is 0.490. The summed E-state index contributed by atoms with van der Waals surface area (Å²) in [4.78, 5) is 25.3. The lowest BCUT2D eigenvalue weighted by atomic mass is 10.2. The number of nitrogens with zero attached hydrogens (tertiary/aromatic N) is 2. The molecule has 0 bridgehead atoms. The Labute approximate surface area is 132 Å². The predicted octanol–water partition coefficient (Wildman–Crippen LogP) is 3.74. The second-order valence-electron chi connectivity index (χ2n) is 4.01. The van der Waals surface area contributed by atoms with E-state index in [1.807, 2.05) is 0 Å². The van der Waals surface area contributed by atoms with Gasteiger partial charge in [0, 0.05) is 28.1 Å². The molecule has 0 saturated carbocycles. The Morgan fingerprint density at radius 2 is 2.14 bits per heavy atom. The average molecular weight is 369 g/mol. The molecule has 1 aromatic heterocycles. The Morgan fingerprint density at radius 3 is 2.71 bits per heavy atom. The number of carboxylic acid groups (broad SMARTS) is 1. The molecule has 0 aliphatic rings. The molecule has 0 atom stereocenters. The number of thioether (sulfide) groups is 1. The van der Waals surface area contributed by atoms with Crippen LogP contribution >= 0.6 is 27.7 Å². The van der Waals surface area contributed by atoms with E-state index in [1.165, 1.54) is 30.1 Å². The van der Waals surface area contributed by atoms with Gasteiger partial charge in [0.25, 0.3) is 5.69 Å². The van der Waals surface area contributed by atoms with Gasteiger partial charge in [0.05, 0.1) is 15.5 Å². The minimum Gasteiger partial charge on any atom is -0.478 e. The third kappa shape index (κ3) is 4.02. The van der Waals surface area contributed by atoms with Crippen LogP contribution in [0.5, 0.6) is 0 Å². The summed E-state index contributed by atoms with van der Waals surface area (Å²) in [6, 6.07) is 7.91. The summed E-state index contributed by atoms with van der Waals surface area (Å²) in [5.41, 5.74) is 0.727. The Bertz CT molecular complexity index is 691. The van der Waals surface area contributed by atoms with Crippen molar-refractivity contribution in [1.82, 2.24) is 4.98 Å². The fourth-order valence-corrected chi connectivity index (χ4v) is 2.76. The lowest BCUT2D eigenvalue weighted by molar-refractivity contribution is -0.385. The number of aromatic carboxylic acids is 1. The first-order valence-electron chi connectivity index (χ1n) is 5.72. The lowest BCUT2D eigenvalue weighted by Gasteiger charge is -2.04. The number of hydrogen-bond acceptors (Lipinski definition) is 5. The Hall–Kier alpha value is -1.93. The van der Waals surface area contributed by atoms with Crippen molar-refractivity contribution in [2.24, 2.45) is 0 Å². The van der Waals surface area contributed by atoms with Crippen molar-refractivity contribution < 1.29 is 14.8 Å². The predicted molar refractivity (Wildman–Crippen MR) is 81.6 cm³/mol. The van der Waals surface area contributed by atoms with Gasteiger partial charge in [-0.2, -0.15) is 0 Å². The van der Waals surface area contributed by atoms with Crippen LogP contribution in [-0.2, 0) is 5.75 Å². The minimum absolute atomic E-state index is 0.0408.